The van der Waals surface area contributed by atoms with Gasteiger partial charge in [0, 0.05) is 12.4 Å². The molecule has 0 saturated heterocycles. The van der Waals surface area contributed by atoms with Crippen LogP contribution < -0.4 is 5.32 Å². The first-order chi connectivity index (χ1) is 7.65. The average molecular weight is 239 g/mol. The second-order valence-corrected chi connectivity index (χ2v) is 5.34. The maximum Gasteiger partial charge on any atom is 0.245 e. The lowest BCUT2D eigenvalue weighted by Gasteiger charge is -2.38. The Morgan fingerprint density at radius 3 is 2.41 bits per heavy atom. The first-order valence-corrected chi connectivity index (χ1v) is 5.69. The molecule has 1 aromatic rings. The number of nitrogens with one attached hydrogen (secondary N) is 1. The maximum atomic E-state index is 12.0. The van der Waals surface area contributed by atoms with Gasteiger partial charge in [-0.3, -0.25) is 9.48 Å². The van der Waals surface area contributed by atoms with Gasteiger partial charge in [0.25, 0.3) is 0 Å². The zero-order valence-corrected chi connectivity index (χ0v) is 11.1. The van der Waals surface area contributed by atoms with Crippen LogP contribution >= 0.6 is 0 Å². The van der Waals surface area contributed by atoms with E-state index in [1.165, 1.54) is 0 Å². The number of carbonyl (C=O) groups is 1. The van der Waals surface area contributed by atoms with Crippen LogP contribution in [0.25, 0.3) is 0 Å². The molecule has 0 radical (unpaired) electrons. The summed E-state index contributed by atoms with van der Waals surface area (Å²) in [4.78, 5) is 12.0. The second kappa shape index (κ2) is 4.49. The van der Waals surface area contributed by atoms with Crippen LogP contribution in [-0.2, 0) is 4.79 Å². The second-order valence-electron chi connectivity index (χ2n) is 5.34. The minimum atomic E-state index is -0.994. The maximum absolute atomic E-state index is 12.0. The standard InChI is InChI=1S/C12H21N3O2/c1-9(15-8-6-7-13-15)10(16)14-11(2,3)12(4,5)17/h6-9,17H,1-5H3,(H,14,16). The third-order valence-electron chi connectivity index (χ3n) is 3.27. The van der Waals surface area contributed by atoms with Crippen molar-refractivity contribution in [1.29, 1.82) is 0 Å². The summed E-state index contributed by atoms with van der Waals surface area (Å²) in [6.07, 6.45) is 3.37. The summed E-state index contributed by atoms with van der Waals surface area (Å²) >= 11 is 0. The highest BCUT2D eigenvalue weighted by molar-refractivity contribution is 5.80. The van der Waals surface area contributed by atoms with E-state index in [1.807, 2.05) is 0 Å². The largest absolute Gasteiger partial charge is 0.388 e. The van der Waals surface area contributed by atoms with Gasteiger partial charge in [0.2, 0.25) is 5.91 Å². The lowest BCUT2D eigenvalue weighted by molar-refractivity contribution is -0.129. The van der Waals surface area contributed by atoms with E-state index in [9.17, 15) is 9.90 Å². The van der Waals surface area contributed by atoms with E-state index < -0.39 is 17.2 Å². The number of nitrogens with zero attached hydrogens (tertiary/aromatic N) is 2. The van der Waals surface area contributed by atoms with Crippen molar-refractivity contribution in [3.63, 3.8) is 0 Å². The molecule has 0 aliphatic heterocycles. The molecule has 1 aromatic heterocycles. The van der Waals surface area contributed by atoms with Crippen LogP contribution in [0.5, 0.6) is 0 Å². The fourth-order valence-electron chi connectivity index (χ4n) is 1.20. The molecule has 0 fully saturated rings. The van der Waals surface area contributed by atoms with Crippen LogP contribution in [0.1, 0.15) is 40.7 Å². The van der Waals surface area contributed by atoms with Crippen molar-refractivity contribution in [1.82, 2.24) is 15.1 Å². The molecule has 5 heteroatoms. The van der Waals surface area contributed by atoms with Gasteiger partial charge in [-0.15, -0.1) is 0 Å². The molecule has 0 saturated carbocycles. The number of hydrogen-bond donors (Lipinski definition) is 2. The predicted molar refractivity (Wildman–Crippen MR) is 65.5 cm³/mol. The van der Waals surface area contributed by atoms with E-state index in [2.05, 4.69) is 10.4 Å². The number of hydrogen-bond acceptors (Lipinski definition) is 3. The van der Waals surface area contributed by atoms with E-state index in [0.717, 1.165) is 0 Å². The minimum Gasteiger partial charge on any atom is -0.388 e. The van der Waals surface area contributed by atoms with E-state index in [0.29, 0.717) is 0 Å². The summed E-state index contributed by atoms with van der Waals surface area (Å²) in [7, 11) is 0. The van der Waals surface area contributed by atoms with E-state index in [1.54, 1.807) is 57.8 Å². The highest BCUT2D eigenvalue weighted by atomic mass is 16.3. The van der Waals surface area contributed by atoms with Crippen LogP contribution in [0, 0.1) is 0 Å². The molecular formula is C12H21N3O2. The Hall–Kier alpha value is -1.36. The highest BCUT2D eigenvalue weighted by Gasteiger charge is 2.37. The van der Waals surface area contributed by atoms with Gasteiger partial charge in [0.05, 0.1) is 11.1 Å². The third-order valence-corrected chi connectivity index (χ3v) is 3.27. The summed E-state index contributed by atoms with van der Waals surface area (Å²) in [5.41, 5.74) is -1.70. The lowest BCUT2D eigenvalue weighted by atomic mass is 9.86. The number of carbonyl (C=O) groups excluding carboxylic acids is 1. The summed E-state index contributed by atoms with van der Waals surface area (Å²) < 4.78 is 1.58. The molecule has 1 atom stereocenters. The molecule has 1 rings (SSSR count). The predicted octanol–water partition coefficient (Wildman–Crippen LogP) is 1.11. The van der Waals surface area contributed by atoms with Crippen molar-refractivity contribution < 1.29 is 9.90 Å². The van der Waals surface area contributed by atoms with Crippen LogP contribution in [-0.4, -0.2) is 31.9 Å². The molecule has 0 aliphatic carbocycles. The molecule has 2 N–H and O–H groups in total. The number of rotatable bonds is 4. The summed E-state index contributed by atoms with van der Waals surface area (Å²) in [5.74, 6) is -0.166. The Morgan fingerprint density at radius 1 is 1.41 bits per heavy atom. The third kappa shape index (κ3) is 3.06. The van der Waals surface area contributed by atoms with Gasteiger partial charge < -0.3 is 10.4 Å². The molecule has 0 aliphatic rings. The molecule has 1 unspecified atom stereocenters. The van der Waals surface area contributed by atoms with Crippen molar-refractivity contribution in [2.75, 3.05) is 0 Å². The fraction of sp³-hybridized carbons (Fsp3) is 0.667. The minimum absolute atomic E-state index is 0.166. The molecule has 0 spiro atoms. The quantitative estimate of drug-likeness (QED) is 0.827. The van der Waals surface area contributed by atoms with E-state index >= 15 is 0 Å². The van der Waals surface area contributed by atoms with Gasteiger partial charge in [0.1, 0.15) is 6.04 Å². The van der Waals surface area contributed by atoms with Crippen molar-refractivity contribution in [3.05, 3.63) is 18.5 Å². The molecule has 0 bridgehead atoms. The van der Waals surface area contributed by atoms with Gasteiger partial charge in [-0.05, 0) is 40.7 Å². The summed E-state index contributed by atoms with van der Waals surface area (Å²) in [6, 6.07) is 1.37. The molecule has 17 heavy (non-hydrogen) atoms. The number of aliphatic hydroxyl groups is 1. The zero-order valence-electron chi connectivity index (χ0n) is 11.1. The Kier molecular flexibility index (Phi) is 3.62. The smallest absolute Gasteiger partial charge is 0.245 e. The zero-order chi connectivity index (χ0) is 13.3. The molecule has 1 heterocycles. The lowest BCUT2D eigenvalue weighted by Crippen LogP contribution is -2.58. The topological polar surface area (TPSA) is 67.2 Å². The molecule has 5 nitrogen and oxygen atoms in total. The Bertz CT molecular complexity index is 377. The Labute approximate surface area is 102 Å². The average Bonchev–Trinajstić information content (AvgIpc) is 2.66. The van der Waals surface area contributed by atoms with Gasteiger partial charge >= 0.3 is 0 Å². The fourth-order valence-corrected chi connectivity index (χ4v) is 1.20. The van der Waals surface area contributed by atoms with Crippen molar-refractivity contribution >= 4 is 5.91 Å². The number of amides is 1. The van der Waals surface area contributed by atoms with Gasteiger partial charge in [0.15, 0.2) is 0 Å². The van der Waals surface area contributed by atoms with Crippen LogP contribution in [0.2, 0.25) is 0 Å². The Morgan fingerprint density at radius 2 is 2.00 bits per heavy atom. The SMILES string of the molecule is CC(C(=O)NC(C)(C)C(C)(C)O)n1cccn1. The molecule has 96 valence electrons. The number of aromatic nitrogens is 2. The van der Waals surface area contributed by atoms with E-state index in [4.69, 9.17) is 0 Å². The molecular weight excluding hydrogens is 218 g/mol. The van der Waals surface area contributed by atoms with Crippen molar-refractivity contribution in [2.24, 2.45) is 0 Å². The van der Waals surface area contributed by atoms with E-state index in [-0.39, 0.29) is 5.91 Å². The van der Waals surface area contributed by atoms with Crippen molar-refractivity contribution in [3.8, 4) is 0 Å². The molecule has 1 amide bonds. The highest BCUT2D eigenvalue weighted by Crippen LogP contribution is 2.21. The van der Waals surface area contributed by atoms with Crippen molar-refractivity contribution in [2.45, 2.75) is 51.8 Å². The summed E-state index contributed by atoms with van der Waals surface area (Å²) in [6.45, 7) is 8.70. The van der Waals surface area contributed by atoms with Crippen LogP contribution in [0.4, 0.5) is 0 Å². The van der Waals surface area contributed by atoms with Crippen LogP contribution in [0.15, 0.2) is 18.5 Å². The van der Waals surface area contributed by atoms with Gasteiger partial charge in [-0.2, -0.15) is 5.10 Å². The molecule has 0 aromatic carbocycles. The van der Waals surface area contributed by atoms with Crippen LogP contribution in [0.3, 0.4) is 0 Å². The monoisotopic (exact) mass is 239 g/mol. The normalized spacial score (nSPS) is 14.5. The first kappa shape index (κ1) is 13.7. The summed E-state index contributed by atoms with van der Waals surface area (Å²) in [5, 5.41) is 16.8. The Balaban J connectivity index is 2.74. The van der Waals surface area contributed by atoms with Gasteiger partial charge in [-0.25, -0.2) is 0 Å². The van der Waals surface area contributed by atoms with Gasteiger partial charge in [-0.1, -0.05) is 0 Å². The first-order valence-electron chi connectivity index (χ1n) is 5.69.